The summed E-state index contributed by atoms with van der Waals surface area (Å²) in [6, 6.07) is 4.65. The van der Waals surface area contributed by atoms with Crippen LogP contribution in [0, 0.1) is 17.3 Å². The van der Waals surface area contributed by atoms with Crippen LogP contribution in [0.5, 0.6) is 11.5 Å². The first-order valence-corrected chi connectivity index (χ1v) is 15.0. The van der Waals surface area contributed by atoms with Gasteiger partial charge in [0.05, 0.1) is 7.11 Å². The molecule has 4 atom stereocenters. The minimum Gasteiger partial charge on any atom is -0.541 e. The zero-order valence-electron chi connectivity index (χ0n) is 20.7. The molecule has 0 radical (unpaired) electrons. The maximum Gasteiger partial charge on any atom is 0.250 e. The predicted octanol–water partition coefficient (Wildman–Crippen LogP) is 7.52. The molecular formula is C27H41NO2Si. The Labute approximate surface area is 190 Å². The molecule has 1 aromatic carbocycles. The van der Waals surface area contributed by atoms with E-state index in [2.05, 4.69) is 70.8 Å². The fourth-order valence-electron chi connectivity index (χ4n) is 6.42. The Hall–Kier alpha value is -1.55. The molecule has 0 bridgehead atoms. The lowest BCUT2D eigenvalue weighted by Crippen LogP contribution is -2.44. The number of rotatable bonds is 4. The van der Waals surface area contributed by atoms with E-state index in [9.17, 15) is 0 Å². The molecule has 3 nitrogen and oxygen atoms in total. The molecule has 1 aromatic rings. The van der Waals surface area contributed by atoms with Crippen LogP contribution in [-0.4, -0.2) is 22.1 Å². The van der Waals surface area contributed by atoms with Crippen molar-refractivity contribution in [2.45, 2.75) is 90.3 Å². The molecule has 2 saturated carbocycles. The molecule has 170 valence electrons. The molecule has 0 aliphatic heterocycles. The topological polar surface area (TPSA) is 30.8 Å². The van der Waals surface area contributed by atoms with Crippen LogP contribution in [0.1, 0.15) is 76.8 Å². The van der Waals surface area contributed by atoms with Gasteiger partial charge < -0.3 is 9.16 Å². The summed E-state index contributed by atoms with van der Waals surface area (Å²) in [5, 5.41) is 0.167. The van der Waals surface area contributed by atoms with E-state index in [1.54, 1.807) is 7.11 Å². The van der Waals surface area contributed by atoms with Crippen molar-refractivity contribution in [3.8, 4) is 11.5 Å². The molecule has 3 aliphatic rings. The van der Waals surface area contributed by atoms with Crippen molar-refractivity contribution < 1.29 is 9.16 Å². The highest BCUT2D eigenvalue weighted by atomic mass is 28.4. The molecule has 0 spiro atoms. The van der Waals surface area contributed by atoms with Crippen LogP contribution in [0.4, 0.5) is 0 Å². The van der Waals surface area contributed by atoms with Crippen LogP contribution in [0.25, 0.3) is 0 Å². The lowest BCUT2D eigenvalue weighted by molar-refractivity contribution is 0.0812. The molecule has 0 saturated heterocycles. The number of aryl methyl sites for hydroxylation is 1. The Kier molecular flexibility index (Phi) is 5.69. The van der Waals surface area contributed by atoms with Crippen LogP contribution in [-0.2, 0) is 6.42 Å². The Morgan fingerprint density at radius 1 is 1.13 bits per heavy atom. The van der Waals surface area contributed by atoms with Crippen LogP contribution < -0.4 is 9.16 Å². The van der Waals surface area contributed by atoms with Crippen molar-refractivity contribution in [3.05, 3.63) is 35.0 Å². The first-order valence-electron chi connectivity index (χ1n) is 12.1. The third-order valence-electron chi connectivity index (χ3n) is 9.28. The molecule has 4 unspecified atom stereocenters. The third kappa shape index (κ3) is 3.69. The zero-order valence-corrected chi connectivity index (χ0v) is 21.7. The monoisotopic (exact) mass is 439 g/mol. The Balaban J connectivity index is 1.66. The van der Waals surface area contributed by atoms with E-state index in [1.807, 2.05) is 0 Å². The molecular weight excluding hydrogens is 398 g/mol. The second kappa shape index (κ2) is 7.79. The average molecular weight is 440 g/mol. The molecule has 4 heteroatoms. The molecule has 31 heavy (non-hydrogen) atoms. The van der Waals surface area contributed by atoms with Gasteiger partial charge in [0.2, 0.25) is 0 Å². The van der Waals surface area contributed by atoms with Crippen molar-refractivity contribution in [2.24, 2.45) is 22.2 Å². The fraction of sp³-hybridized carbons (Fsp3) is 0.667. The quantitative estimate of drug-likeness (QED) is 0.359. The lowest BCUT2D eigenvalue weighted by Gasteiger charge is -2.49. The van der Waals surface area contributed by atoms with Crippen LogP contribution >= 0.6 is 0 Å². The highest BCUT2D eigenvalue weighted by Gasteiger charge is 2.52. The Bertz CT molecular complexity index is 897. The molecule has 2 fully saturated rings. The van der Waals surface area contributed by atoms with Crippen molar-refractivity contribution in [1.29, 1.82) is 0 Å². The Morgan fingerprint density at radius 3 is 2.52 bits per heavy atom. The van der Waals surface area contributed by atoms with Crippen molar-refractivity contribution >= 4 is 15.0 Å². The van der Waals surface area contributed by atoms with Gasteiger partial charge in [0.1, 0.15) is 5.75 Å². The van der Waals surface area contributed by atoms with Crippen molar-refractivity contribution in [3.63, 3.8) is 0 Å². The maximum atomic E-state index is 6.71. The highest BCUT2D eigenvalue weighted by molar-refractivity contribution is 6.74. The largest absolute Gasteiger partial charge is 0.541 e. The van der Waals surface area contributed by atoms with Crippen molar-refractivity contribution in [2.75, 3.05) is 7.11 Å². The van der Waals surface area contributed by atoms with Crippen LogP contribution in [0.15, 0.2) is 28.9 Å². The van der Waals surface area contributed by atoms with E-state index in [-0.39, 0.29) is 5.04 Å². The predicted molar refractivity (Wildman–Crippen MR) is 133 cm³/mol. The number of hydrogen-bond donors (Lipinski definition) is 0. The SMILES string of the molecule is C=NC=C1CCC2C3CCc4cc(O[Si](C)(C)C(C)(C)C)c(OC)cc4C3CCC12C. The summed E-state index contributed by atoms with van der Waals surface area (Å²) in [6.45, 7) is 17.7. The third-order valence-corrected chi connectivity index (χ3v) is 13.6. The van der Waals surface area contributed by atoms with Gasteiger partial charge >= 0.3 is 0 Å². The summed E-state index contributed by atoms with van der Waals surface area (Å²) in [6.07, 6.45) is 9.51. The van der Waals surface area contributed by atoms with Gasteiger partial charge in [-0.1, -0.05) is 27.7 Å². The molecule has 0 N–H and O–H groups in total. The van der Waals surface area contributed by atoms with E-state index in [1.165, 1.54) is 48.8 Å². The zero-order chi connectivity index (χ0) is 22.6. The van der Waals surface area contributed by atoms with Gasteiger partial charge in [-0.2, -0.15) is 0 Å². The highest BCUT2D eigenvalue weighted by Crippen LogP contribution is 2.63. The molecule has 0 amide bonds. The molecule has 0 aromatic heterocycles. The van der Waals surface area contributed by atoms with Gasteiger partial charge in [-0.25, -0.2) is 0 Å². The van der Waals surface area contributed by atoms with Gasteiger partial charge in [0.15, 0.2) is 5.75 Å². The van der Waals surface area contributed by atoms with E-state index < -0.39 is 8.32 Å². The summed E-state index contributed by atoms with van der Waals surface area (Å²) in [5.74, 6) is 4.05. The number of benzene rings is 1. The van der Waals surface area contributed by atoms with E-state index in [0.717, 1.165) is 29.8 Å². The van der Waals surface area contributed by atoms with Gasteiger partial charge in [-0.05, 0) is 115 Å². The summed E-state index contributed by atoms with van der Waals surface area (Å²) in [7, 11) is -0.130. The smallest absolute Gasteiger partial charge is 0.250 e. The van der Waals surface area contributed by atoms with Gasteiger partial charge in [0.25, 0.3) is 8.32 Å². The summed E-state index contributed by atoms with van der Waals surface area (Å²) >= 11 is 0. The molecule has 4 rings (SSSR count). The second-order valence-corrected chi connectivity index (χ2v) is 16.5. The summed E-state index contributed by atoms with van der Waals surface area (Å²) in [5.41, 5.74) is 4.86. The second-order valence-electron chi connectivity index (χ2n) is 11.8. The average Bonchev–Trinajstić information content (AvgIpc) is 3.03. The molecule has 3 aliphatic carbocycles. The van der Waals surface area contributed by atoms with E-state index >= 15 is 0 Å². The number of aliphatic imine (C=N–C) groups is 1. The normalized spacial score (nSPS) is 31.6. The number of fused-ring (bicyclic) bond motifs is 5. The maximum absolute atomic E-state index is 6.71. The number of allylic oxidation sites excluding steroid dienone is 1. The first-order chi connectivity index (χ1) is 14.5. The van der Waals surface area contributed by atoms with Gasteiger partial charge in [-0.3, -0.25) is 4.99 Å². The summed E-state index contributed by atoms with van der Waals surface area (Å²) < 4.78 is 12.6. The number of methoxy groups -OCH3 is 1. The fourth-order valence-corrected chi connectivity index (χ4v) is 7.43. The van der Waals surface area contributed by atoms with Gasteiger partial charge in [0, 0.05) is 6.20 Å². The lowest BCUT2D eigenvalue weighted by atomic mass is 9.55. The molecule has 0 heterocycles. The van der Waals surface area contributed by atoms with E-state index in [0.29, 0.717) is 11.3 Å². The van der Waals surface area contributed by atoms with Crippen molar-refractivity contribution in [1.82, 2.24) is 0 Å². The number of hydrogen-bond acceptors (Lipinski definition) is 3. The Morgan fingerprint density at radius 2 is 1.87 bits per heavy atom. The minimum atomic E-state index is -1.92. The summed E-state index contributed by atoms with van der Waals surface area (Å²) in [4.78, 5) is 4.13. The first kappa shape index (κ1) is 22.6. The number of ether oxygens (including phenoxy) is 1. The van der Waals surface area contributed by atoms with Crippen LogP contribution in [0.2, 0.25) is 18.1 Å². The number of nitrogens with zero attached hydrogens (tertiary/aromatic N) is 1. The standard InChI is InChI=1S/C27H41NO2Si/c1-26(2,3)31(7,8)30-25-15-18-9-11-21-20(22(18)16-24(25)29-6)13-14-27(4)19(17-28-5)10-12-23(21)27/h15-17,20-21,23H,5,9-14H2,1-4,6-8H3. The van der Waals surface area contributed by atoms with E-state index in [4.69, 9.17) is 9.16 Å². The minimum absolute atomic E-state index is 0.167. The van der Waals surface area contributed by atoms with Gasteiger partial charge in [-0.15, -0.1) is 0 Å². The van der Waals surface area contributed by atoms with Crippen LogP contribution in [0.3, 0.4) is 0 Å².